The Morgan fingerprint density at radius 3 is 2.82 bits per heavy atom. The van der Waals surface area contributed by atoms with Crippen molar-refractivity contribution in [3.63, 3.8) is 0 Å². The molecule has 1 saturated heterocycles. The lowest BCUT2D eigenvalue weighted by Gasteiger charge is -2.26. The lowest BCUT2D eigenvalue weighted by atomic mass is 9.81. The second-order valence-corrected chi connectivity index (χ2v) is 7.81. The molecular formula is C21H25FN6. The first kappa shape index (κ1) is 17.4. The van der Waals surface area contributed by atoms with E-state index < -0.39 is 0 Å². The van der Waals surface area contributed by atoms with Crippen molar-refractivity contribution < 1.29 is 4.39 Å². The van der Waals surface area contributed by atoms with E-state index in [1.54, 1.807) is 6.07 Å². The van der Waals surface area contributed by atoms with Crippen LogP contribution in [0, 0.1) is 5.82 Å². The van der Waals surface area contributed by atoms with E-state index in [-0.39, 0.29) is 5.82 Å². The van der Waals surface area contributed by atoms with E-state index >= 15 is 0 Å². The van der Waals surface area contributed by atoms with Crippen molar-refractivity contribution in [1.29, 1.82) is 0 Å². The van der Waals surface area contributed by atoms with Crippen LogP contribution < -0.4 is 16.0 Å². The third-order valence-corrected chi connectivity index (χ3v) is 5.79. The summed E-state index contributed by atoms with van der Waals surface area (Å²) in [6.45, 7) is 2.01. The molecule has 0 bridgehead atoms. The predicted molar refractivity (Wildman–Crippen MR) is 109 cm³/mol. The number of aromatic nitrogens is 3. The van der Waals surface area contributed by atoms with Crippen LogP contribution in [0.25, 0.3) is 5.65 Å². The molecule has 1 aromatic carbocycles. The summed E-state index contributed by atoms with van der Waals surface area (Å²) in [5.41, 5.74) is 2.79. The Balaban J connectivity index is 1.53. The van der Waals surface area contributed by atoms with Crippen molar-refractivity contribution in [3.05, 3.63) is 47.9 Å². The lowest BCUT2D eigenvalue weighted by molar-refractivity contribution is 0.421. The van der Waals surface area contributed by atoms with Crippen molar-refractivity contribution in [2.24, 2.45) is 0 Å². The van der Waals surface area contributed by atoms with Crippen molar-refractivity contribution >= 4 is 23.0 Å². The molecular weight excluding hydrogens is 355 g/mol. The highest BCUT2D eigenvalue weighted by molar-refractivity contribution is 5.66. The molecule has 6 nitrogen and oxygen atoms in total. The number of nitrogens with zero attached hydrogens (tertiary/aromatic N) is 3. The van der Waals surface area contributed by atoms with Gasteiger partial charge in [-0.05, 0) is 56.3 Å². The number of piperidine rings is 1. The van der Waals surface area contributed by atoms with Crippen LogP contribution in [-0.4, -0.2) is 33.7 Å². The smallest absolute Gasteiger partial charge is 0.163 e. The number of anilines is 3. The van der Waals surface area contributed by atoms with Crippen LogP contribution in [0.15, 0.2) is 36.5 Å². The first-order valence-electron chi connectivity index (χ1n) is 10.1. The standard InChI is InChI=1S/C21H25FN6/c22-15-6-2-7-16(10-15)26-20-11-19(25-17-8-3-9-23-12-17)27-21-18(13-24-28(20)21)14-4-1-5-14/h2,6-7,10-11,13-14,17,23,26H,1,3-5,8-9,12H2,(H,25,27)/t17-/m0/s1. The Labute approximate surface area is 163 Å². The molecule has 28 heavy (non-hydrogen) atoms. The monoisotopic (exact) mass is 380 g/mol. The fourth-order valence-electron chi connectivity index (χ4n) is 4.05. The fourth-order valence-corrected chi connectivity index (χ4v) is 4.05. The van der Waals surface area contributed by atoms with E-state index in [1.807, 2.05) is 22.8 Å². The van der Waals surface area contributed by atoms with Crippen molar-refractivity contribution in [1.82, 2.24) is 19.9 Å². The molecule has 3 heterocycles. The number of hydrogen-bond donors (Lipinski definition) is 3. The summed E-state index contributed by atoms with van der Waals surface area (Å²) in [6.07, 6.45) is 7.88. The first-order valence-corrected chi connectivity index (χ1v) is 10.1. The van der Waals surface area contributed by atoms with E-state index in [4.69, 9.17) is 4.98 Å². The van der Waals surface area contributed by atoms with Gasteiger partial charge in [0.1, 0.15) is 17.5 Å². The predicted octanol–water partition coefficient (Wildman–Crippen LogP) is 4.04. The SMILES string of the molecule is Fc1cccc(Nc2cc(N[C@H]3CCCNC3)nc3c(C4CCC4)cnn23)c1. The van der Waals surface area contributed by atoms with E-state index in [1.165, 1.54) is 37.0 Å². The van der Waals surface area contributed by atoms with Gasteiger partial charge in [-0.1, -0.05) is 12.5 Å². The molecule has 1 atom stereocenters. The first-order chi connectivity index (χ1) is 13.8. The maximum absolute atomic E-state index is 13.6. The number of fused-ring (bicyclic) bond motifs is 1. The second-order valence-electron chi connectivity index (χ2n) is 7.81. The molecule has 5 rings (SSSR count). The second kappa shape index (κ2) is 7.39. The highest BCUT2D eigenvalue weighted by Gasteiger charge is 2.25. The van der Waals surface area contributed by atoms with Crippen molar-refractivity contribution in [2.45, 2.75) is 44.1 Å². The van der Waals surface area contributed by atoms with Gasteiger partial charge in [-0.3, -0.25) is 0 Å². The Morgan fingerprint density at radius 1 is 1.14 bits per heavy atom. The molecule has 3 N–H and O–H groups in total. The van der Waals surface area contributed by atoms with Crippen LogP contribution in [-0.2, 0) is 0 Å². The summed E-state index contributed by atoms with van der Waals surface area (Å²) in [5.74, 6) is 1.89. The van der Waals surface area contributed by atoms with Gasteiger partial charge < -0.3 is 16.0 Å². The fraction of sp³-hybridized carbons (Fsp3) is 0.429. The van der Waals surface area contributed by atoms with Crippen molar-refractivity contribution in [2.75, 3.05) is 23.7 Å². The molecule has 1 saturated carbocycles. The number of nitrogens with one attached hydrogen (secondary N) is 3. The zero-order valence-corrected chi connectivity index (χ0v) is 15.8. The summed E-state index contributed by atoms with van der Waals surface area (Å²) in [6, 6.07) is 8.81. The number of rotatable bonds is 5. The Bertz CT molecular complexity index is 974. The van der Waals surface area contributed by atoms with Gasteiger partial charge in [0.15, 0.2) is 5.65 Å². The molecule has 146 valence electrons. The Morgan fingerprint density at radius 2 is 2.07 bits per heavy atom. The molecule has 3 aromatic rings. The van der Waals surface area contributed by atoms with Gasteiger partial charge in [-0.25, -0.2) is 9.37 Å². The van der Waals surface area contributed by atoms with Crippen LogP contribution in [0.3, 0.4) is 0 Å². The largest absolute Gasteiger partial charge is 0.366 e. The quantitative estimate of drug-likeness (QED) is 0.623. The molecule has 0 unspecified atom stereocenters. The topological polar surface area (TPSA) is 66.3 Å². The maximum Gasteiger partial charge on any atom is 0.163 e. The summed E-state index contributed by atoms with van der Waals surface area (Å²) >= 11 is 0. The molecule has 0 spiro atoms. The summed E-state index contributed by atoms with van der Waals surface area (Å²) in [4.78, 5) is 4.90. The third-order valence-electron chi connectivity index (χ3n) is 5.79. The zero-order chi connectivity index (χ0) is 18.9. The van der Waals surface area contributed by atoms with Gasteiger partial charge in [0.05, 0.1) is 6.20 Å². The summed E-state index contributed by atoms with van der Waals surface area (Å²) in [7, 11) is 0. The van der Waals surface area contributed by atoms with Crippen LogP contribution >= 0.6 is 0 Å². The van der Waals surface area contributed by atoms with E-state index in [0.717, 1.165) is 43.2 Å². The van der Waals surface area contributed by atoms with Gasteiger partial charge in [0.25, 0.3) is 0 Å². The van der Waals surface area contributed by atoms with E-state index in [9.17, 15) is 4.39 Å². The highest BCUT2D eigenvalue weighted by Crippen LogP contribution is 2.38. The molecule has 2 aromatic heterocycles. The van der Waals surface area contributed by atoms with Gasteiger partial charge in [0, 0.05) is 29.9 Å². The molecule has 0 amide bonds. The molecule has 7 heteroatoms. The van der Waals surface area contributed by atoms with Gasteiger partial charge in [-0.15, -0.1) is 0 Å². The highest BCUT2D eigenvalue weighted by atomic mass is 19.1. The van der Waals surface area contributed by atoms with E-state index in [0.29, 0.717) is 17.6 Å². The summed E-state index contributed by atoms with van der Waals surface area (Å²) in [5, 5.41) is 14.9. The Hall–Kier alpha value is -2.67. The van der Waals surface area contributed by atoms with Crippen LogP contribution in [0.5, 0.6) is 0 Å². The van der Waals surface area contributed by atoms with Crippen molar-refractivity contribution in [3.8, 4) is 0 Å². The zero-order valence-electron chi connectivity index (χ0n) is 15.8. The van der Waals surface area contributed by atoms with Crippen LogP contribution in [0.2, 0.25) is 0 Å². The van der Waals surface area contributed by atoms with E-state index in [2.05, 4.69) is 21.0 Å². The molecule has 2 aliphatic rings. The number of benzene rings is 1. The maximum atomic E-state index is 13.6. The van der Waals surface area contributed by atoms with Gasteiger partial charge in [0.2, 0.25) is 0 Å². The summed E-state index contributed by atoms with van der Waals surface area (Å²) < 4.78 is 15.5. The molecule has 1 aliphatic carbocycles. The van der Waals surface area contributed by atoms with Gasteiger partial charge >= 0.3 is 0 Å². The minimum atomic E-state index is -0.266. The number of halogens is 1. The molecule has 0 radical (unpaired) electrons. The van der Waals surface area contributed by atoms with Crippen LogP contribution in [0.1, 0.15) is 43.6 Å². The molecule has 2 fully saturated rings. The lowest BCUT2D eigenvalue weighted by Crippen LogP contribution is -2.38. The minimum Gasteiger partial charge on any atom is -0.366 e. The average Bonchev–Trinajstić information content (AvgIpc) is 3.05. The molecule has 1 aliphatic heterocycles. The number of hydrogen-bond acceptors (Lipinski definition) is 5. The Kier molecular flexibility index (Phi) is 4.60. The minimum absolute atomic E-state index is 0.266. The van der Waals surface area contributed by atoms with Crippen LogP contribution in [0.4, 0.5) is 21.7 Å². The average molecular weight is 380 g/mol. The third kappa shape index (κ3) is 3.42. The van der Waals surface area contributed by atoms with Gasteiger partial charge in [-0.2, -0.15) is 9.61 Å². The normalized spacial score (nSPS) is 20.1.